The fourth-order valence-electron chi connectivity index (χ4n) is 8.80. The van der Waals surface area contributed by atoms with Crippen LogP contribution in [0.4, 0.5) is 0 Å². The molecule has 0 bridgehead atoms. The van der Waals surface area contributed by atoms with Gasteiger partial charge in [0.05, 0.1) is 19.1 Å². The molecule has 0 aliphatic heterocycles. The van der Waals surface area contributed by atoms with Gasteiger partial charge in [0.1, 0.15) is 48.0 Å². The van der Waals surface area contributed by atoms with Crippen LogP contribution in [0.2, 0.25) is 0 Å². The normalized spacial score (nSPS) is 13.7. The lowest BCUT2D eigenvalue weighted by molar-refractivity contribution is -0.143. The summed E-state index contributed by atoms with van der Waals surface area (Å²) < 4.78 is 0. The van der Waals surface area contributed by atoms with E-state index in [1.54, 1.807) is 100 Å². The summed E-state index contributed by atoms with van der Waals surface area (Å²) in [4.78, 5) is 153. The highest BCUT2D eigenvalue weighted by atomic mass is 16.4. The molecule has 3 aromatic carbocycles. The minimum absolute atomic E-state index is 0.00814. The molecule has 3 rings (SSSR count). The molecule has 8 atom stereocenters. The van der Waals surface area contributed by atoms with Gasteiger partial charge in [-0.25, -0.2) is 4.79 Å². The van der Waals surface area contributed by atoms with Crippen molar-refractivity contribution in [3.8, 4) is 5.75 Å². The first kappa shape index (κ1) is 72.1. The Kier molecular flexibility index (Phi) is 31.5. The van der Waals surface area contributed by atoms with E-state index >= 15 is 0 Å². The van der Waals surface area contributed by atoms with Crippen molar-refractivity contribution in [2.45, 2.75) is 147 Å². The zero-order valence-corrected chi connectivity index (χ0v) is 49.7. The molecule has 0 fully saturated rings. The van der Waals surface area contributed by atoms with Crippen molar-refractivity contribution >= 4 is 71.0 Å². The molecule has 0 aliphatic carbocycles. The summed E-state index contributed by atoms with van der Waals surface area (Å²) in [7, 11) is 0. The van der Waals surface area contributed by atoms with E-state index in [-0.39, 0.29) is 75.7 Å². The number of carbonyl (C=O) groups excluding carboxylic acids is 10. The average Bonchev–Trinajstić information content (AvgIpc) is 2.78. The Morgan fingerprint density at radius 3 is 1.44 bits per heavy atom. The number of guanidine groups is 1. The third-order valence-corrected chi connectivity index (χ3v) is 13.5. The standard InChI is InChI=1S/C59H87N15O13/c1-34(2)28-44(72-56(84)45(30-36-14-7-5-8-15-36)68-49(78)33-66-48(77)32-67-51(79)40(61)29-38-20-22-39(75)23-21-38)55(83)70-42(19-13-27-65-59(63)64)52(80)71-43(24-25-47(62)76)53(81)73-46(31-37-16-9-6-10-17-37)57(85)69-41(18-11-12-26-60)54(82)74-50(35(3)4)58(86)87/h5-10,14-17,20-23,34-35,40-46,50,75H,11-13,18-19,24-33,60-61H2,1-4H3,(H2,62,76)(H,66,77)(H,67,79)(H,68,78)(H,69,85)(H,70,83)(H,71,80)(H,72,84)(H,73,81)(H,74,82)(H,86,87)(H4,63,64,65)/t40-,41-,42-,43-,44-,45-,46-,50-/m0/s1. The smallest absolute Gasteiger partial charge is 0.326 e. The van der Waals surface area contributed by atoms with Gasteiger partial charge < -0.3 is 86.7 Å². The molecule has 476 valence electrons. The lowest BCUT2D eigenvalue weighted by atomic mass is 10.00. The molecule has 0 heterocycles. The number of phenolic OH excluding ortho intramolecular Hbond substituents is 1. The molecule has 0 radical (unpaired) electrons. The number of carbonyl (C=O) groups is 11. The second kappa shape index (κ2) is 38.0. The minimum atomic E-state index is -1.59. The van der Waals surface area contributed by atoms with Crippen molar-refractivity contribution in [2.75, 3.05) is 26.2 Å². The molecular formula is C59H87N15O13. The number of aromatic hydroxyl groups is 1. The summed E-state index contributed by atoms with van der Waals surface area (Å²) in [5, 5.41) is 42.5. The van der Waals surface area contributed by atoms with Crippen LogP contribution in [0, 0.1) is 11.8 Å². The molecule has 0 saturated heterocycles. The zero-order valence-electron chi connectivity index (χ0n) is 49.7. The number of nitrogens with two attached hydrogens (primary N) is 5. The number of rotatable bonds is 39. The van der Waals surface area contributed by atoms with Crippen molar-refractivity contribution in [3.63, 3.8) is 0 Å². The quantitative estimate of drug-likeness (QED) is 0.0161. The number of hydrogen-bond acceptors (Lipinski definition) is 15. The molecule has 87 heavy (non-hydrogen) atoms. The molecule has 0 saturated carbocycles. The SMILES string of the molecule is CC(C)C[C@H](NC(=O)[C@H](Cc1ccccc1)NC(=O)CNC(=O)CNC(=O)[C@@H](N)Cc1ccc(O)cc1)C(=O)N[C@@H](CCCN=C(N)N)C(=O)N[C@@H](CCC(N)=O)C(=O)N[C@@H](Cc1ccccc1)C(=O)N[C@@H](CCCCN)C(=O)N[C@H](C(=O)O)C(C)C. The number of carboxylic acids is 1. The summed E-state index contributed by atoms with van der Waals surface area (Å²) in [5.41, 5.74) is 30.2. The third-order valence-electron chi connectivity index (χ3n) is 13.5. The van der Waals surface area contributed by atoms with E-state index in [1.165, 1.54) is 12.1 Å². The minimum Gasteiger partial charge on any atom is -0.508 e. The number of amides is 10. The van der Waals surface area contributed by atoms with E-state index in [2.05, 4.69) is 52.8 Å². The molecule has 0 unspecified atom stereocenters. The largest absolute Gasteiger partial charge is 0.508 e. The van der Waals surface area contributed by atoms with Gasteiger partial charge in [-0.05, 0) is 98.6 Å². The maximum absolute atomic E-state index is 14.5. The van der Waals surface area contributed by atoms with Crippen LogP contribution in [0.3, 0.4) is 0 Å². The van der Waals surface area contributed by atoms with Gasteiger partial charge in [-0.15, -0.1) is 0 Å². The molecular weight excluding hydrogens is 1130 g/mol. The van der Waals surface area contributed by atoms with Crippen LogP contribution in [0.25, 0.3) is 0 Å². The van der Waals surface area contributed by atoms with E-state index in [9.17, 15) is 63.0 Å². The topological polar surface area (TPSA) is 479 Å². The van der Waals surface area contributed by atoms with Gasteiger partial charge in [0.2, 0.25) is 59.1 Å². The second-order valence-corrected chi connectivity index (χ2v) is 21.7. The second-order valence-electron chi connectivity index (χ2n) is 21.7. The number of hydrogen-bond donors (Lipinski definition) is 16. The molecule has 28 heteroatoms. The molecule has 0 aliphatic rings. The maximum atomic E-state index is 14.5. The summed E-state index contributed by atoms with van der Waals surface area (Å²) in [5.74, 6) is -10.5. The highest BCUT2D eigenvalue weighted by Gasteiger charge is 2.35. The Hall–Kier alpha value is -9.18. The summed E-state index contributed by atoms with van der Waals surface area (Å²) in [6, 6.07) is 12.4. The molecule has 28 nitrogen and oxygen atoms in total. The van der Waals surface area contributed by atoms with Crippen LogP contribution < -0.4 is 76.5 Å². The summed E-state index contributed by atoms with van der Waals surface area (Å²) in [6.07, 6.45) is -0.108. The average molecular weight is 1210 g/mol. The number of primary amides is 1. The lowest BCUT2D eigenvalue weighted by Crippen LogP contribution is -2.60. The van der Waals surface area contributed by atoms with Gasteiger partial charge >= 0.3 is 5.97 Å². The van der Waals surface area contributed by atoms with Crippen LogP contribution >= 0.6 is 0 Å². The maximum Gasteiger partial charge on any atom is 0.326 e. The van der Waals surface area contributed by atoms with Crippen molar-refractivity contribution in [1.29, 1.82) is 0 Å². The van der Waals surface area contributed by atoms with Gasteiger partial charge in [-0.2, -0.15) is 0 Å². The van der Waals surface area contributed by atoms with Crippen LogP contribution in [0.1, 0.15) is 95.8 Å². The number of nitrogens with zero attached hydrogens (tertiary/aromatic N) is 1. The molecule has 10 amide bonds. The number of benzene rings is 3. The highest BCUT2D eigenvalue weighted by molar-refractivity contribution is 5.98. The predicted octanol–water partition coefficient (Wildman–Crippen LogP) is -2.39. The highest BCUT2D eigenvalue weighted by Crippen LogP contribution is 2.14. The van der Waals surface area contributed by atoms with E-state index in [0.29, 0.717) is 29.5 Å². The first-order valence-corrected chi connectivity index (χ1v) is 28.8. The summed E-state index contributed by atoms with van der Waals surface area (Å²) >= 11 is 0. The number of aliphatic imine (C=N–C) groups is 1. The first-order chi connectivity index (χ1) is 41.3. The number of phenols is 1. The van der Waals surface area contributed by atoms with Crippen molar-refractivity contribution in [1.82, 2.24) is 47.9 Å². The molecule has 21 N–H and O–H groups in total. The Morgan fingerprint density at radius 2 is 0.943 bits per heavy atom. The molecule has 3 aromatic rings. The number of carboxylic acid groups (broad SMARTS) is 1. The summed E-state index contributed by atoms with van der Waals surface area (Å²) in [6.45, 7) is 5.85. The molecule has 0 aromatic heterocycles. The van der Waals surface area contributed by atoms with Gasteiger partial charge in [0, 0.05) is 25.8 Å². The Bertz CT molecular complexity index is 2790. The third kappa shape index (κ3) is 28.0. The number of aliphatic carboxylic acids is 1. The van der Waals surface area contributed by atoms with Gasteiger partial charge in [-0.1, -0.05) is 100 Å². The zero-order chi connectivity index (χ0) is 64.6. The van der Waals surface area contributed by atoms with E-state index < -0.39 is 145 Å². The van der Waals surface area contributed by atoms with Crippen molar-refractivity contribution in [2.24, 2.45) is 45.5 Å². The van der Waals surface area contributed by atoms with Crippen LogP contribution in [0.15, 0.2) is 89.9 Å². The Morgan fingerprint density at radius 1 is 0.494 bits per heavy atom. The van der Waals surface area contributed by atoms with Gasteiger partial charge in [0.25, 0.3) is 0 Å². The predicted molar refractivity (Wildman–Crippen MR) is 323 cm³/mol. The van der Waals surface area contributed by atoms with Gasteiger partial charge in [-0.3, -0.25) is 52.9 Å². The van der Waals surface area contributed by atoms with Crippen LogP contribution in [0.5, 0.6) is 5.75 Å². The van der Waals surface area contributed by atoms with Crippen LogP contribution in [-0.4, -0.2) is 156 Å². The Balaban J connectivity index is 1.89. The number of nitrogens with one attached hydrogen (secondary N) is 9. The van der Waals surface area contributed by atoms with E-state index in [4.69, 9.17) is 28.7 Å². The molecule has 0 spiro atoms. The van der Waals surface area contributed by atoms with Crippen LogP contribution in [-0.2, 0) is 72.0 Å². The van der Waals surface area contributed by atoms with Gasteiger partial charge in [0.15, 0.2) is 5.96 Å². The fourth-order valence-corrected chi connectivity index (χ4v) is 8.80. The lowest BCUT2D eigenvalue weighted by Gasteiger charge is -2.28. The van der Waals surface area contributed by atoms with Crippen molar-refractivity contribution in [3.05, 3.63) is 102 Å². The number of unbranched alkanes of at least 4 members (excludes halogenated alkanes) is 1. The van der Waals surface area contributed by atoms with E-state index in [1.807, 2.05) is 0 Å². The van der Waals surface area contributed by atoms with Crippen molar-refractivity contribution < 1.29 is 63.0 Å². The van der Waals surface area contributed by atoms with E-state index in [0.717, 1.165) is 0 Å². The Labute approximate surface area is 505 Å². The monoisotopic (exact) mass is 1210 g/mol. The fraction of sp³-hybridized carbons (Fsp3) is 0.492. The first-order valence-electron chi connectivity index (χ1n) is 28.8.